The van der Waals surface area contributed by atoms with E-state index in [9.17, 15) is 0 Å². The number of hydrogen-bond donors (Lipinski definition) is 3. The molecule has 5 nitrogen and oxygen atoms in total. The Kier molecular flexibility index (Phi) is 4.06. The number of benzene rings is 1. The van der Waals surface area contributed by atoms with Crippen molar-refractivity contribution in [2.24, 2.45) is 0 Å². The average Bonchev–Trinajstić information content (AvgIpc) is 2.32. The maximum atomic E-state index is 6.17. The zero-order chi connectivity index (χ0) is 13.8. The molecule has 0 aliphatic heterocycles. The van der Waals surface area contributed by atoms with Crippen molar-refractivity contribution in [3.8, 4) is 0 Å². The second-order valence-corrected chi connectivity index (χ2v) is 4.54. The molecule has 0 amide bonds. The van der Waals surface area contributed by atoms with Crippen molar-refractivity contribution in [1.82, 2.24) is 9.97 Å². The van der Waals surface area contributed by atoms with Crippen LogP contribution in [0.15, 0.2) is 24.3 Å². The molecule has 0 aliphatic carbocycles. The third-order valence-electron chi connectivity index (χ3n) is 2.49. The monoisotopic (exact) mass is 277 g/mol. The van der Waals surface area contributed by atoms with Crippen LogP contribution < -0.4 is 16.4 Å². The zero-order valence-corrected chi connectivity index (χ0v) is 11.6. The highest BCUT2D eigenvalue weighted by Crippen LogP contribution is 2.26. The number of nitrogens with two attached hydrogens (primary N) is 1. The molecule has 4 N–H and O–H groups in total. The van der Waals surface area contributed by atoms with Gasteiger partial charge in [0.2, 0.25) is 5.95 Å². The number of halogens is 1. The number of rotatable bonds is 4. The lowest BCUT2D eigenvalue weighted by Crippen LogP contribution is -2.05. The molecule has 0 saturated heterocycles. The molecule has 6 heteroatoms. The fourth-order valence-corrected chi connectivity index (χ4v) is 1.94. The predicted molar refractivity (Wildman–Crippen MR) is 80.1 cm³/mol. The van der Waals surface area contributed by atoms with Crippen LogP contribution in [0, 0.1) is 6.92 Å². The minimum absolute atomic E-state index is 0.212. The molecule has 2 aromatic rings. The maximum Gasteiger partial charge on any atom is 0.223 e. The summed E-state index contributed by atoms with van der Waals surface area (Å²) in [5.74, 6) is 1.50. The van der Waals surface area contributed by atoms with Crippen molar-refractivity contribution in [2.75, 3.05) is 22.9 Å². The third kappa shape index (κ3) is 3.48. The van der Waals surface area contributed by atoms with Crippen LogP contribution in [-0.4, -0.2) is 16.5 Å². The van der Waals surface area contributed by atoms with E-state index in [2.05, 4.69) is 20.6 Å². The minimum atomic E-state index is 0.212. The second kappa shape index (κ2) is 5.75. The summed E-state index contributed by atoms with van der Waals surface area (Å²) in [6.07, 6.45) is 0. The van der Waals surface area contributed by atoms with Gasteiger partial charge in [-0.05, 0) is 31.5 Å². The van der Waals surface area contributed by atoms with E-state index in [4.69, 9.17) is 17.3 Å². The molecule has 0 radical (unpaired) electrons. The summed E-state index contributed by atoms with van der Waals surface area (Å²) in [6.45, 7) is 4.74. The van der Waals surface area contributed by atoms with Gasteiger partial charge in [0.25, 0.3) is 0 Å². The Balaban J connectivity index is 2.27. The number of nitrogens with zero attached hydrogens (tertiary/aromatic N) is 2. The lowest BCUT2D eigenvalue weighted by Gasteiger charge is -2.10. The lowest BCUT2D eigenvalue weighted by molar-refractivity contribution is 1.12. The van der Waals surface area contributed by atoms with Crippen LogP contribution in [0.3, 0.4) is 0 Å². The van der Waals surface area contributed by atoms with E-state index in [1.165, 1.54) is 0 Å². The Morgan fingerprint density at radius 3 is 2.63 bits per heavy atom. The molecule has 100 valence electrons. The Morgan fingerprint density at radius 2 is 1.95 bits per heavy atom. The van der Waals surface area contributed by atoms with Crippen LogP contribution in [0.5, 0.6) is 0 Å². The molecule has 0 bridgehead atoms. The predicted octanol–water partition coefficient (Wildman–Crippen LogP) is 3.20. The molecule has 1 heterocycles. The van der Waals surface area contributed by atoms with Gasteiger partial charge in [0.1, 0.15) is 11.6 Å². The first-order valence-corrected chi connectivity index (χ1v) is 6.38. The smallest absolute Gasteiger partial charge is 0.223 e. The van der Waals surface area contributed by atoms with Crippen LogP contribution in [0.25, 0.3) is 0 Å². The van der Waals surface area contributed by atoms with Gasteiger partial charge in [0, 0.05) is 12.6 Å². The first-order valence-electron chi connectivity index (χ1n) is 6.00. The van der Waals surface area contributed by atoms with E-state index in [-0.39, 0.29) is 5.95 Å². The van der Waals surface area contributed by atoms with Crippen LogP contribution in [-0.2, 0) is 0 Å². The number of anilines is 4. The van der Waals surface area contributed by atoms with Gasteiger partial charge in [-0.25, -0.2) is 0 Å². The molecule has 2 rings (SSSR count). The molecule has 0 atom stereocenters. The first-order chi connectivity index (χ1) is 9.08. The average molecular weight is 278 g/mol. The molecule has 1 aromatic heterocycles. The van der Waals surface area contributed by atoms with Crippen molar-refractivity contribution >= 4 is 34.9 Å². The van der Waals surface area contributed by atoms with Crippen LogP contribution in [0.1, 0.15) is 12.5 Å². The van der Waals surface area contributed by atoms with Crippen molar-refractivity contribution in [2.45, 2.75) is 13.8 Å². The van der Waals surface area contributed by atoms with E-state index >= 15 is 0 Å². The van der Waals surface area contributed by atoms with E-state index in [0.717, 1.165) is 17.8 Å². The third-order valence-corrected chi connectivity index (χ3v) is 2.80. The maximum absolute atomic E-state index is 6.17. The van der Waals surface area contributed by atoms with E-state index in [1.54, 1.807) is 6.07 Å². The Hall–Kier alpha value is -2.01. The summed E-state index contributed by atoms with van der Waals surface area (Å²) in [4.78, 5) is 8.22. The molecule has 19 heavy (non-hydrogen) atoms. The SMILES string of the molecule is CCNc1cc(Nc2ccc(C)cc2Cl)nc(N)n1. The molecule has 0 saturated carbocycles. The Bertz CT molecular complexity index is 585. The summed E-state index contributed by atoms with van der Waals surface area (Å²) in [6, 6.07) is 7.56. The molecular formula is C13H16ClN5. The first kappa shape index (κ1) is 13.4. The van der Waals surface area contributed by atoms with Crippen molar-refractivity contribution in [1.29, 1.82) is 0 Å². The fourth-order valence-electron chi connectivity index (χ4n) is 1.66. The highest BCUT2D eigenvalue weighted by Gasteiger charge is 2.05. The van der Waals surface area contributed by atoms with E-state index in [1.807, 2.05) is 32.0 Å². The van der Waals surface area contributed by atoms with Gasteiger partial charge in [-0.15, -0.1) is 0 Å². The second-order valence-electron chi connectivity index (χ2n) is 4.14. The molecule has 0 aliphatic rings. The topological polar surface area (TPSA) is 75.9 Å². The number of aromatic nitrogens is 2. The van der Waals surface area contributed by atoms with Crippen molar-refractivity contribution in [3.05, 3.63) is 34.9 Å². The standard InChI is InChI=1S/C13H16ClN5/c1-3-16-11-7-12(19-13(15)18-11)17-10-5-4-8(2)6-9(10)14/h4-7H,3H2,1-2H3,(H4,15,16,17,18,19). The number of nitrogen functional groups attached to an aromatic ring is 1. The fraction of sp³-hybridized carbons (Fsp3) is 0.231. The van der Waals surface area contributed by atoms with Crippen LogP contribution >= 0.6 is 11.6 Å². The van der Waals surface area contributed by atoms with Gasteiger partial charge in [-0.1, -0.05) is 17.7 Å². The van der Waals surface area contributed by atoms with Gasteiger partial charge in [0.15, 0.2) is 0 Å². The summed E-state index contributed by atoms with van der Waals surface area (Å²) in [7, 11) is 0. The van der Waals surface area contributed by atoms with Gasteiger partial charge >= 0.3 is 0 Å². The normalized spacial score (nSPS) is 10.3. The number of hydrogen-bond acceptors (Lipinski definition) is 5. The van der Waals surface area contributed by atoms with Gasteiger partial charge < -0.3 is 16.4 Å². The van der Waals surface area contributed by atoms with Crippen LogP contribution in [0.2, 0.25) is 5.02 Å². The Labute approximate surface area is 117 Å². The summed E-state index contributed by atoms with van der Waals surface area (Å²) in [5, 5.41) is 6.87. The minimum Gasteiger partial charge on any atom is -0.370 e. The summed E-state index contributed by atoms with van der Waals surface area (Å²) < 4.78 is 0. The number of aryl methyl sites for hydroxylation is 1. The largest absolute Gasteiger partial charge is 0.370 e. The Morgan fingerprint density at radius 1 is 1.21 bits per heavy atom. The van der Waals surface area contributed by atoms with Crippen molar-refractivity contribution in [3.63, 3.8) is 0 Å². The van der Waals surface area contributed by atoms with E-state index < -0.39 is 0 Å². The molecular weight excluding hydrogens is 262 g/mol. The zero-order valence-electron chi connectivity index (χ0n) is 10.9. The van der Waals surface area contributed by atoms with Gasteiger partial charge in [-0.2, -0.15) is 9.97 Å². The van der Waals surface area contributed by atoms with Gasteiger partial charge in [0.05, 0.1) is 10.7 Å². The van der Waals surface area contributed by atoms with Crippen molar-refractivity contribution < 1.29 is 0 Å². The molecule has 0 unspecified atom stereocenters. The highest BCUT2D eigenvalue weighted by molar-refractivity contribution is 6.33. The number of nitrogens with one attached hydrogen (secondary N) is 2. The van der Waals surface area contributed by atoms with E-state index in [0.29, 0.717) is 16.7 Å². The lowest BCUT2D eigenvalue weighted by atomic mass is 10.2. The quantitative estimate of drug-likeness (QED) is 0.800. The molecule has 0 spiro atoms. The summed E-state index contributed by atoms with van der Waals surface area (Å²) in [5.41, 5.74) is 7.56. The molecule has 0 fully saturated rings. The van der Waals surface area contributed by atoms with Gasteiger partial charge in [-0.3, -0.25) is 0 Å². The highest BCUT2D eigenvalue weighted by atomic mass is 35.5. The van der Waals surface area contributed by atoms with Crippen LogP contribution in [0.4, 0.5) is 23.3 Å². The summed E-state index contributed by atoms with van der Waals surface area (Å²) >= 11 is 6.17. The molecule has 1 aromatic carbocycles.